The Labute approximate surface area is 90.6 Å². The van der Waals surface area contributed by atoms with Crippen LogP contribution in [0, 0.1) is 12.8 Å². The summed E-state index contributed by atoms with van der Waals surface area (Å²) in [5, 5.41) is 1.11. The first-order chi connectivity index (χ1) is 6.59. The molecule has 0 fully saturated rings. The molecule has 0 aliphatic heterocycles. The van der Waals surface area contributed by atoms with E-state index in [2.05, 4.69) is 18.8 Å². The van der Waals surface area contributed by atoms with Gasteiger partial charge in [0.25, 0.3) is 0 Å². The Balaban J connectivity index is 2.32. The molecule has 0 spiro atoms. The predicted octanol–water partition coefficient (Wildman–Crippen LogP) is 3.28. The highest BCUT2D eigenvalue weighted by Gasteiger charge is 2.08. The van der Waals surface area contributed by atoms with Crippen molar-refractivity contribution in [3.8, 4) is 0 Å². The Kier molecular flexibility index (Phi) is 4.55. The molecule has 0 aliphatic carbocycles. The lowest BCUT2D eigenvalue weighted by Gasteiger charge is -2.09. The maximum Gasteiger partial charge on any atom is 0.0897 e. The molecular formula is C11H20N2S. The van der Waals surface area contributed by atoms with E-state index in [4.69, 9.17) is 5.73 Å². The van der Waals surface area contributed by atoms with E-state index in [1.54, 1.807) is 11.3 Å². The molecule has 0 saturated heterocycles. The Morgan fingerprint density at radius 1 is 1.43 bits per heavy atom. The molecular weight excluding hydrogens is 192 g/mol. The summed E-state index contributed by atoms with van der Waals surface area (Å²) in [5.74, 6) is 0.783. The highest BCUT2D eigenvalue weighted by molar-refractivity contribution is 7.11. The Hall–Kier alpha value is -0.410. The Morgan fingerprint density at radius 2 is 2.14 bits per heavy atom. The van der Waals surface area contributed by atoms with Crippen molar-refractivity contribution >= 4 is 11.3 Å². The first kappa shape index (κ1) is 11.7. The van der Waals surface area contributed by atoms with Crippen LogP contribution in [0.4, 0.5) is 0 Å². The maximum atomic E-state index is 6.06. The van der Waals surface area contributed by atoms with Crippen LogP contribution < -0.4 is 5.73 Å². The molecule has 0 saturated carbocycles. The molecule has 2 N–H and O–H groups in total. The van der Waals surface area contributed by atoms with Crippen molar-refractivity contribution in [3.05, 3.63) is 16.1 Å². The number of aryl methyl sites for hydroxylation is 1. The SMILES string of the molecule is Cc1ncc(C(N)CCCC(C)C)s1. The van der Waals surface area contributed by atoms with E-state index in [1.165, 1.54) is 17.7 Å². The lowest BCUT2D eigenvalue weighted by atomic mass is 10.0. The topological polar surface area (TPSA) is 38.9 Å². The molecule has 1 aromatic rings. The van der Waals surface area contributed by atoms with E-state index in [9.17, 15) is 0 Å². The first-order valence-electron chi connectivity index (χ1n) is 5.27. The highest BCUT2D eigenvalue weighted by Crippen LogP contribution is 2.23. The average Bonchev–Trinajstić information content (AvgIpc) is 2.51. The highest BCUT2D eigenvalue weighted by atomic mass is 32.1. The standard InChI is InChI=1S/C11H20N2S/c1-8(2)5-4-6-10(12)11-7-13-9(3)14-11/h7-8,10H,4-6,12H2,1-3H3. The summed E-state index contributed by atoms with van der Waals surface area (Å²) < 4.78 is 0. The number of nitrogens with zero attached hydrogens (tertiary/aromatic N) is 1. The van der Waals surface area contributed by atoms with Gasteiger partial charge in [0.15, 0.2) is 0 Å². The van der Waals surface area contributed by atoms with Crippen LogP contribution in [0.5, 0.6) is 0 Å². The van der Waals surface area contributed by atoms with Crippen LogP contribution in [0.1, 0.15) is 49.0 Å². The third-order valence-corrected chi connectivity index (χ3v) is 3.35. The van der Waals surface area contributed by atoms with Gasteiger partial charge in [0.05, 0.1) is 5.01 Å². The Morgan fingerprint density at radius 3 is 2.64 bits per heavy atom. The van der Waals surface area contributed by atoms with Gasteiger partial charge in [0, 0.05) is 17.1 Å². The molecule has 0 radical (unpaired) electrons. The average molecular weight is 212 g/mol. The van der Waals surface area contributed by atoms with Crippen molar-refractivity contribution in [2.75, 3.05) is 0 Å². The minimum Gasteiger partial charge on any atom is -0.323 e. The van der Waals surface area contributed by atoms with E-state index in [1.807, 2.05) is 13.1 Å². The molecule has 3 heteroatoms. The van der Waals surface area contributed by atoms with Gasteiger partial charge in [-0.25, -0.2) is 4.98 Å². The monoisotopic (exact) mass is 212 g/mol. The number of rotatable bonds is 5. The molecule has 1 heterocycles. The molecule has 2 nitrogen and oxygen atoms in total. The van der Waals surface area contributed by atoms with Gasteiger partial charge >= 0.3 is 0 Å². The molecule has 0 aliphatic rings. The number of thiazole rings is 1. The molecule has 1 aromatic heterocycles. The summed E-state index contributed by atoms with van der Waals surface area (Å²) in [6, 6.07) is 0.194. The fraction of sp³-hybridized carbons (Fsp3) is 0.727. The summed E-state index contributed by atoms with van der Waals surface area (Å²) >= 11 is 1.72. The lowest BCUT2D eigenvalue weighted by molar-refractivity contribution is 0.508. The zero-order chi connectivity index (χ0) is 10.6. The summed E-state index contributed by atoms with van der Waals surface area (Å²) in [6.45, 7) is 6.53. The number of hydrogen-bond donors (Lipinski definition) is 1. The Bertz CT molecular complexity index is 268. The quantitative estimate of drug-likeness (QED) is 0.813. The van der Waals surface area contributed by atoms with Gasteiger partial charge in [0.2, 0.25) is 0 Å². The van der Waals surface area contributed by atoms with E-state index < -0.39 is 0 Å². The van der Waals surface area contributed by atoms with Crippen LogP contribution >= 0.6 is 11.3 Å². The van der Waals surface area contributed by atoms with E-state index in [0.717, 1.165) is 17.3 Å². The second-order valence-electron chi connectivity index (χ2n) is 4.21. The van der Waals surface area contributed by atoms with Gasteiger partial charge < -0.3 is 5.73 Å². The van der Waals surface area contributed by atoms with Gasteiger partial charge in [-0.2, -0.15) is 0 Å². The van der Waals surface area contributed by atoms with Crippen molar-refractivity contribution in [1.82, 2.24) is 4.98 Å². The summed E-state index contributed by atoms with van der Waals surface area (Å²) in [7, 11) is 0. The second-order valence-corrected chi connectivity index (χ2v) is 5.48. The number of nitrogens with two attached hydrogens (primary N) is 1. The smallest absolute Gasteiger partial charge is 0.0897 e. The van der Waals surface area contributed by atoms with Crippen molar-refractivity contribution in [2.24, 2.45) is 11.7 Å². The largest absolute Gasteiger partial charge is 0.323 e. The van der Waals surface area contributed by atoms with Crippen LogP contribution in [0.25, 0.3) is 0 Å². The van der Waals surface area contributed by atoms with Crippen LogP contribution in [-0.2, 0) is 0 Å². The zero-order valence-electron chi connectivity index (χ0n) is 9.29. The van der Waals surface area contributed by atoms with Crippen molar-refractivity contribution < 1.29 is 0 Å². The molecule has 1 atom stereocenters. The molecule has 14 heavy (non-hydrogen) atoms. The zero-order valence-corrected chi connectivity index (χ0v) is 10.1. The minimum absolute atomic E-state index is 0.194. The molecule has 0 aromatic carbocycles. The summed E-state index contributed by atoms with van der Waals surface area (Å²) in [5.41, 5.74) is 6.06. The van der Waals surface area contributed by atoms with E-state index in [0.29, 0.717) is 0 Å². The molecule has 0 amide bonds. The fourth-order valence-electron chi connectivity index (χ4n) is 1.44. The number of aromatic nitrogens is 1. The normalized spacial score (nSPS) is 13.5. The van der Waals surface area contributed by atoms with Crippen LogP contribution in [0.15, 0.2) is 6.20 Å². The molecule has 1 rings (SSSR count). The van der Waals surface area contributed by atoms with Crippen molar-refractivity contribution in [3.63, 3.8) is 0 Å². The molecule has 1 unspecified atom stereocenters. The summed E-state index contributed by atoms with van der Waals surface area (Å²) in [6.07, 6.45) is 5.49. The predicted molar refractivity (Wildman–Crippen MR) is 62.5 cm³/mol. The van der Waals surface area contributed by atoms with Crippen molar-refractivity contribution in [2.45, 2.75) is 46.1 Å². The van der Waals surface area contributed by atoms with Crippen LogP contribution in [0.2, 0.25) is 0 Å². The fourth-order valence-corrected chi connectivity index (χ4v) is 2.26. The third kappa shape index (κ3) is 3.76. The van der Waals surface area contributed by atoms with Crippen molar-refractivity contribution in [1.29, 1.82) is 0 Å². The third-order valence-electron chi connectivity index (χ3n) is 2.30. The van der Waals surface area contributed by atoms with Gasteiger partial charge in [-0.05, 0) is 19.3 Å². The second kappa shape index (κ2) is 5.47. The van der Waals surface area contributed by atoms with Gasteiger partial charge in [-0.15, -0.1) is 11.3 Å². The van der Waals surface area contributed by atoms with E-state index >= 15 is 0 Å². The van der Waals surface area contributed by atoms with Crippen LogP contribution in [-0.4, -0.2) is 4.98 Å². The number of hydrogen-bond acceptors (Lipinski definition) is 3. The lowest BCUT2D eigenvalue weighted by Crippen LogP contribution is -2.08. The van der Waals surface area contributed by atoms with Gasteiger partial charge in [-0.3, -0.25) is 0 Å². The van der Waals surface area contributed by atoms with Gasteiger partial charge in [-0.1, -0.05) is 26.7 Å². The van der Waals surface area contributed by atoms with E-state index in [-0.39, 0.29) is 6.04 Å². The minimum atomic E-state index is 0.194. The van der Waals surface area contributed by atoms with Gasteiger partial charge in [0.1, 0.15) is 0 Å². The van der Waals surface area contributed by atoms with Crippen LogP contribution in [0.3, 0.4) is 0 Å². The molecule has 0 bridgehead atoms. The summed E-state index contributed by atoms with van der Waals surface area (Å²) in [4.78, 5) is 5.45. The maximum absolute atomic E-state index is 6.06. The first-order valence-corrected chi connectivity index (χ1v) is 6.09. The molecule has 80 valence electrons.